The second kappa shape index (κ2) is 11.2. The Morgan fingerprint density at radius 1 is 1.03 bits per heavy atom. The lowest BCUT2D eigenvalue weighted by Crippen LogP contribution is -2.47. The van der Waals surface area contributed by atoms with E-state index in [0.717, 1.165) is 37.5 Å². The summed E-state index contributed by atoms with van der Waals surface area (Å²) in [6.07, 6.45) is 2.05. The van der Waals surface area contributed by atoms with Crippen molar-refractivity contribution in [2.75, 3.05) is 19.6 Å². The number of likely N-dealkylation sites (tertiary alicyclic amines) is 1. The fraction of sp³-hybridized carbons (Fsp3) is 0.391. The first kappa shape index (κ1) is 23.9. The molecule has 0 saturated carbocycles. The first-order chi connectivity index (χ1) is 14.8. The van der Waals surface area contributed by atoms with E-state index < -0.39 is 6.04 Å². The molecule has 0 unspecified atom stereocenters. The van der Waals surface area contributed by atoms with Gasteiger partial charge in [0.25, 0.3) is 5.91 Å². The number of piperidine rings is 1. The van der Waals surface area contributed by atoms with Gasteiger partial charge in [-0.1, -0.05) is 46.9 Å². The van der Waals surface area contributed by atoms with Crippen LogP contribution in [0.1, 0.15) is 35.7 Å². The molecule has 1 atom stereocenters. The van der Waals surface area contributed by atoms with Gasteiger partial charge in [0.05, 0.1) is 10.0 Å². The van der Waals surface area contributed by atoms with Gasteiger partial charge in [-0.2, -0.15) is 0 Å². The average molecular weight is 483 g/mol. The lowest BCUT2D eigenvalue weighted by Gasteiger charge is -2.32. The molecule has 1 heterocycles. The summed E-state index contributed by atoms with van der Waals surface area (Å²) < 4.78 is 0. The van der Waals surface area contributed by atoms with Crippen molar-refractivity contribution in [2.24, 2.45) is 5.92 Å². The van der Waals surface area contributed by atoms with E-state index in [-0.39, 0.29) is 11.8 Å². The van der Waals surface area contributed by atoms with Gasteiger partial charge < -0.3 is 10.6 Å². The molecule has 0 aromatic heterocycles. The molecule has 2 N–H and O–H groups in total. The SMILES string of the molecule is C[C@H](NC(=O)c1ccc(Cl)c(Cl)c1)C(=O)NCC1CCN(Cc2ccc(Cl)cc2)CC1. The third kappa shape index (κ3) is 7.11. The Morgan fingerprint density at radius 2 is 1.71 bits per heavy atom. The summed E-state index contributed by atoms with van der Waals surface area (Å²) in [6, 6.07) is 11.9. The molecule has 1 aliphatic rings. The smallest absolute Gasteiger partial charge is 0.251 e. The normalized spacial score (nSPS) is 16.0. The molecule has 1 saturated heterocycles. The first-order valence-electron chi connectivity index (χ1n) is 10.3. The van der Waals surface area contributed by atoms with E-state index >= 15 is 0 Å². The molecular weight excluding hydrogens is 457 g/mol. The third-order valence-electron chi connectivity index (χ3n) is 5.51. The van der Waals surface area contributed by atoms with Gasteiger partial charge in [-0.3, -0.25) is 14.5 Å². The molecule has 166 valence electrons. The topological polar surface area (TPSA) is 61.4 Å². The number of rotatable bonds is 7. The van der Waals surface area contributed by atoms with E-state index in [4.69, 9.17) is 34.8 Å². The molecule has 1 aliphatic heterocycles. The molecule has 0 aliphatic carbocycles. The number of halogens is 3. The monoisotopic (exact) mass is 481 g/mol. The van der Waals surface area contributed by atoms with Crippen LogP contribution >= 0.6 is 34.8 Å². The van der Waals surface area contributed by atoms with Crippen LogP contribution in [-0.4, -0.2) is 42.4 Å². The second-order valence-electron chi connectivity index (χ2n) is 7.92. The summed E-state index contributed by atoms with van der Waals surface area (Å²) >= 11 is 17.8. The zero-order valence-corrected chi connectivity index (χ0v) is 19.6. The van der Waals surface area contributed by atoms with Crippen LogP contribution in [0.3, 0.4) is 0 Å². The largest absolute Gasteiger partial charge is 0.354 e. The van der Waals surface area contributed by atoms with E-state index in [0.29, 0.717) is 28.1 Å². The number of amides is 2. The highest BCUT2D eigenvalue weighted by atomic mass is 35.5. The number of carbonyl (C=O) groups excluding carboxylic acids is 2. The van der Waals surface area contributed by atoms with E-state index in [9.17, 15) is 9.59 Å². The van der Waals surface area contributed by atoms with Crippen LogP contribution in [0.15, 0.2) is 42.5 Å². The highest BCUT2D eigenvalue weighted by molar-refractivity contribution is 6.42. The zero-order valence-electron chi connectivity index (χ0n) is 17.3. The van der Waals surface area contributed by atoms with Crippen LogP contribution in [0.25, 0.3) is 0 Å². The summed E-state index contributed by atoms with van der Waals surface area (Å²) in [5, 5.41) is 7.09. The standard InChI is InChI=1S/C23H26Cl3N3O2/c1-15(28-23(31)18-4-7-20(25)21(26)12-18)22(30)27-13-16-8-10-29(11-9-16)14-17-2-5-19(24)6-3-17/h2-7,12,15-16H,8-11,13-14H2,1H3,(H,27,30)(H,28,31)/t15-/m0/s1. The van der Waals surface area contributed by atoms with E-state index in [2.05, 4.69) is 27.7 Å². The summed E-state index contributed by atoms with van der Waals surface area (Å²) in [6.45, 7) is 5.17. The number of nitrogens with one attached hydrogen (secondary N) is 2. The quantitative estimate of drug-likeness (QED) is 0.596. The van der Waals surface area contributed by atoms with Gasteiger partial charge in [-0.05, 0) is 74.7 Å². The minimum Gasteiger partial charge on any atom is -0.354 e. The van der Waals surface area contributed by atoms with Crippen molar-refractivity contribution in [2.45, 2.75) is 32.4 Å². The molecule has 8 heteroatoms. The lowest BCUT2D eigenvalue weighted by molar-refractivity contribution is -0.122. The molecule has 2 aromatic rings. The van der Waals surface area contributed by atoms with E-state index in [1.54, 1.807) is 19.1 Å². The van der Waals surface area contributed by atoms with Crippen molar-refractivity contribution in [3.63, 3.8) is 0 Å². The number of hydrogen-bond acceptors (Lipinski definition) is 3. The van der Waals surface area contributed by atoms with Crippen molar-refractivity contribution in [3.05, 3.63) is 68.7 Å². The van der Waals surface area contributed by atoms with Crippen molar-refractivity contribution in [3.8, 4) is 0 Å². The molecule has 2 aromatic carbocycles. The van der Waals surface area contributed by atoms with Crippen LogP contribution in [0, 0.1) is 5.92 Å². The fourth-order valence-electron chi connectivity index (χ4n) is 3.58. The van der Waals surface area contributed by atoms with Gasteiger partial charge >= 0.3 is 0 Å². The Hall–Kier alpha value is -1.79. The molecule has 0 bridgehead atoms. The zero-order chi connectivity index (χ0) is 22.4. The second-order valence-corrected chi connectivity index (χ2v) is 9.17. The summed E-state index contributed by atoms with van der Waals surface area (Å²) in [7, 11) is 0. The lowest BCUT2D eigenvalue weighted by atomic mass is 9.96. The Labute approximate surface area is 198 Å². The predicted molar refractivity (Wildman–Crippen MR) is 126 cm³/mol. The minimum absolute atomic E-state index is 0.197. The highest BCUT2D eigenvalue weighted by Gasteiger charge is 2.22. The van der Waals surface area contributed by atoms with Crippen LogP contribution < -0.4 is 10.6 Å². The Morgan fingerprint density at radius 3 is 2.35 bits per heavy atom. The van der Waals surface area contributed by atoms with Gasteiger partial charge in [0.15, 0.2) is 0 Å². The van der Waals surface area contributed by atoms with E-state index in [1.807, 2.05) is 12.1 Å². The summed E-state index contributed by atoms with van der Waals surface area (Å²) in [4.78, 5) is 27.2. The minimum atomic E-state index is -0.646. The maximum atomic E-state index is 12.4. The maximum absolute atomic E-state index is 12.4. The van der Waals surface area contributed by atoms with E-state index in [1.165, 1.54) is 11.6 Å². The van der Waals surface area contributed by atoms with Crippen LogP contribution in [0.4, 0.5) is 0 Å². The van der Waals surface area contributed by atoms with Gasteiger partial charge in [-0.15, -0.1) is 0 Å². The maximum Gasteiger partial charge on any atom is 0.251 e. The molecule has 2 amide bonds. The van der Waals surface area contributed by atoms with Gasteiger partial charge in [0.1, 0.15) is 6.04 Å². The van der Waals surface area contributed by atoms with Crippen LogP contribution in [0.5, 0.6) is 0 Å². The van der Waals surface area contributed by atoms with Gasteiger partial charge in [-0.25, -0.2) is 0 Å². The Kier molecular flexibility index (Phi) is 8.61. The van der Waals surface area contributed by atoms with Crippen LogP contribution in [0.2, 0.25) is 15.1 Å². The highest BCUT2D eigenvalue weighted by Crippen LogP contribution is 2.22. The average Bonchev–Trinajstić information content (AvgIpc) is 2.76. The Balaban J connectivity index is 1.38. The molecule has 5 nitrogen and oxygen atoms in total. The van der Waals surface area contributed by atoms with Gasteiger partial charge in [0.2, 0.25) is 5.91 Å². The first-order valence-corrected chi connectivity index (χ1v) is 11.5. The summed E-state index contributed by atoms with van der Waals surface area (Å²) in [5.41, 5.74) is 1.62. The molecule has 3 rings (SSSR count). The van der Waals surface area contributed by atoms with Crippen LogP contribution in [-0.2, 0) is 11.3 Å². The van der Waals surface area contributed by atoms with Crippen molar-refractivity contribution in [1.82, 2.24) is 15.5 Å². The third-order valence-corrected chi connectivity index (χ3v) is 6.51. The Bertz CT molecular complexity index is 913. The number of nitrogens with zero attached hydrogens (tertiary/aromatic N) is 1. The van der Waals surface area contributed by atoms with Crippen molar-refractivity contribution in [1.29, 1.82) is 0 Å². The molecule has 0 radical (unpaired) electrons. The fourth-order valence-corrected chi connectivity index (χ4v) is 4.00. The van der Waals surface area contributed by atoms with Crippen molar-refractivity contribution < 1.29 is 9.59 Å². The molecular formula is C23H26Cl3N3O2. The number of benzene rings is 2. The summed E-state index contributed by atoms with van der Waals surface area (Å²) in [5.74, 6) is -0.128. The van der Waals surface area contributed by atoms with Gasteiger partial charge in [0, 0.05) is 23.7 Å². The number of carbonyl (C=O) groups is 2. The van der Waals surface area contributed by atoms with Crippen molar-refractivity contribution >= 4 is 46.6 Å². The number of hydrogen-bond donors (Lipinski definition) is 2. The predicted octanol–water partition coefficient (Wildman–Crippen LogP) is 4.79. The molecule has 1 fully saturated rings. The molecule has 0 spiro atoms. The molecule has 31 heavy (non-hydrogen) atoms.